The first kappa shape index (κ1) is 16.5. The maximum Gasteiger partial charge on any atom is 0.258 e. The number of carbonyl (C=O) groups excluding carboxylic acids is 1. The second kappa shape index (κ2) is 7.51. The number of pyridine rings is 1. The lowest BCUT2D eigenvalue weighted by Crippen LogP contribution is -2.16. The van der Waals surface area contributed by atoms with Crippen molar-refractivity contribution >= 4 is 40.6 Å². The van der Waals surface area contributed by atoms with Gasteiger partial charge in [0.2, 0.25) is 5.91 Å². The highest BCUT2D eigenvalue weighted by molar-refractivity contribution is 7.99. The summed E-state index contributed by atoms with van der Waals surface area (Å²) >= 11 is 7.21. The number of nitrogens with one attached hydrogen (secondary N) is 1. The van der Waals surface area contributed by atoms with Gasteiger partial charge in [-0.05, 0) is 36.4 Å². The van der Waals surface area contributed by atoms with E-state index in [4.69, 9.17) is 11.6 Å². The van der Waals surface area contributed by atoms with Crippen molar-refractivity contribution in [3.8, 4) is 0 Å². The number of fused-ring (bicyclic) bond motifs is 1. The van der Waals surface area contributed by atoms with Crippen LogP contribution in [0.5, 0.6) is 0 Å². The van der Waals surface area contributed by atoms with Gasteiger partial charge in [0.05, 0.1) is 11.4 Å². The van der Waals surface area contributed by atoms with Crippen molar-refractivity contribution in [2.75, 3.05) is 11.1 Å². The quantitative estimate of drug-likeness (QED) is 0.759. The number of thioether (sulfide) groups is 1. The Balaban J connectivity index is 1.57. The molecule has 3 aromatic rings. The number of benzene rings is 1. The fourth-order valence-corrected chi connectivity index (χ4v) is 3.00. The van der Waals surface area contributed by atoms with Crippen LogP contribution in [0.15, 0.2) is 59.5 Å². The number of aromatic nitrogens is 2. The Kier molecular flexibility index (Phi) is 5.17. The number of nitrogens with zero attached hydrogens (tertiary/aromatic N) is 2. The fraction of sp³-hybridized carbons (Fsp3) is 0.118. The van der Waals surface area contributed by atoms with Gasteiger partial charge in [-0.1, -0.05) is 17.7 Å². The van der Waals surface area contributed by atoms with Crippen molar-refractivity contribution < 1.29 is 4.79 Å². The van der Waals surface area contributed by atoms with Gasteiger partial charge in [0.25, 0.3) is 5.56 Å². The SMILES string of the molecule is O=C(CSCc1cc(=O)n2ccccc2n1)Nc1ccc(Cl)cc1. The standard InChI is InChI=1S/C17H14ClN3O2S/c18-12-4-6-13(7-5-12)20-16(22)11-24-10-14-9-17(23)21-8-2-1-3-15(21)19-14/h1-9H,10-11H2,(H,20,22). The Morgan fingerprint density at radius 3 is 2.79 bits per heavy atom. The Morgan fingerprint density at radius 1 is 1.21 bits per heavy atom. The van der Waals surface area contributed by atoms with Crippen LogP contribution < -0.4 is 10.9 Å². The number of rotatable bonds is 5. The third-order valence-electron chi connectivity index (χ3n) is 3.24. The molecule has 24 heavy (non-hydrogen) atoms. The first-order valence-corrected chi connectivity index (χ1v) is 8.75. The number of hydrogen-bond acceptors (Lipinski definition) is 4. The lowest BCUT2D eigenvalue weighted by molar-refractivity contribution is -0.113. The molecule has 0 spiro atoms. The lowest BCUT2D eigenvalue weighted by Gasteiger charge is -2.06. The molecular weight excluding hydrogens is 346 g/mol. The van der Waals surface area contributed by atoms with E-state index in [1.807, 2.05) is 6.07 Å². The van der Waals surface area contributed by atoms with Crippen molar-refractivity contribution in [2.24, 2.45) is 0 Å². The number of hydrogen-bond donors (Lipinski definition) is 1. The minimum atomic E-state index is -0.123. The van der Waals surface area contributed by atoms with Crippen LogP contribution in [0.3, 0.4) is 0 Å². The maximum atomic E-state index is 12.0. The molecule has 0 radical (unpaired) electrons. The Morgan fingerprint density at radius 2 is 2.00 bits per heavy atom. The molecule has 0 saturated carbocycles. The predicted octanol–water partition coefficient (Wildman–Crippen LogP) is 3.22. The summed E-state index contributed by atoms with van der Waals surface area (Å²) in [5.41, 5.74) is 1.84. The van der Waals surface area contributed by atoms with E-state index < -0.39 is 0 Å². The predicted molar refractivity (Wildman–Crippen MR) is 97.7 cm³/mol. The van der Waals surface area contributed by atoms with E-state index in [0.717, 1.165) is 0 Å². The fourth-order valence-electron chi connectivity index (χ4n) is 2.16. The third kappa shape index (κ3) is 4.15. The van der Waals surface area contributed by atoms with Crippen LogP contribution >= 0.6 is 23.4 Å². The molecule has 0 aliphatic rings. The van der Waals surface area contributed by atoms with Crippen LogP contribution in [0.25, 0.3) is 5.65 Å². The topological polar surface area (TPSA) is 63.5 Å². The van der Waals surface area contributed by atoms with E-state index in [2.05, 4.69) is 10.3 Å². The highest BCUT2D eigenvalue weighted by Crippen LogP contribution is 2.15. The van der Waals surface area contributed by atoms with Gasteiger partial charge in [0.1, 0.15) is 5.65 Å². The van der Waals surface area contributed by atoms with Crippen LogP contribution in [-0.4, -0.2) is 21.0 Å². The zero-order valence-electron chi connectivity index (χ0n) is 12.6. The van der Waals surface area contributed by atoms with Gasteiger partial charge in [-0.3, -0.25) is 14.0 Å². The first-order chi connectivity index (χ1) is 11.6. The van der Waals surface area contributed by atoms with Gasteiger partial charge in [-0.25, -0.2) is 4.98 Å². The van der Waals surface area contributed by atoms with Crippen LogP contribution in [0.1, 0.15) is 5.69 Å². The average Bonchev–Trinajstić information content (AvgIpc) is 2.57. The van der Waals surface area contributed by atoms with Gasteiger partial charge in [0, 0.05) is 28.7 Å². The molecule has 0 aliphatic carbocycles. The third-order valence-corrected chi connectivity index (χ3v) is 4.45. The smallest absolute Gasteiger partial charge is 0.258 e. The summed E-state index contributed by atoms with van der Waals surface area (Å²) in [4.78, 5) is 28.3. The number of amides is 1. The lowest BCUT2D eigenvalue weighted by atomic mass is 10.3. The van der Waals surface area contributed by atoms with Gasteiger partial charge in [-0.2, -0.15) is 0 Å². The zero-order valence-corrected chi connectivity index (χ0v) is 14.2. The van der Waals surface area contributed by atoms with Crippen LogP contribution in [0, 0.1) is 0 Å². The molecular formula is C17H14ClN3O2S. The van der Waals surface area contributed by atoms with E-state index in [-0.39, 0.29) is 17.2 Å². The van der Waals surface area contributed by atoms with Crippen molar-refractivity contribution in [3.63, 3.8) is 0 Å². The molecule has 1 N–H and O–H groups in total. The van der Waals surface area contributed by atoms with Crippen molar-refractivity contribution in [2.45, 2.75) is 5.75 Å². The van der Waals surface area contributed by atoms with Gasteiger partial charge >= 0.3 is 0 Å². The molecule has 0 atom stereocenters. The largest absolute Gasteiger partial charge is 0.325 e. The van der Waals surface area contributed by atoms with E-state index in [1.165, 1.54) is 22.2 Å². The van der Waals surface area contributed by atoms with Crippen molar-refractivity contribution in [3.05, 3.63) is 75.8 Å². The Hall–Kier alpha value is -2.31. The van der Waals surface area contributed by atoms with Crippen LogP contribution in [-0.2, 0) is 10.5 Å². The highest BCUT2D eigenvalue weighted by Gasteiger charge is 2.06. The molecule has 0 fully saturated rings. The van der Waals surface area contributed by atoms with E-state index in [9.17, 15) is 9.59 Å². The molecule has 0 unspecified atom stereocenters. The molecule has 1 aromatic carbocycles. The van der Waals surface area contributed by atoms with Crippen LogP contribution in [0.2, 0.25) is 5.02 Å². The summed E-state index contributed by atoms with van der Waals surface area (Å²) < 4.78 is 1.49. The summed E-state index contributed by atoms with van der Waals surface area (Å²) in [6.07, 6.45) is 1.68. The Bertz CT molecular complexity index is 925. The highest BCUT2D eigenvalue weighted by atomic mass is 35.5. The van der Waals surface area contributed by atoms with Crippen molar-refractivity contribution in [1.82, 2.24) is 9.38 Å². The molecule has 7 heteroatoms. The molecule has 0 saturated heterocycles. The van der Waals surface area contributed by atoms with Gasteiger partial charge in [0.15, 0.2) is 0 Å². The normalized spacial score (nSPS) is 10.7. The first-order valence-electron chi connectivity index (χ1n) is 7.22. The zero-order chi connectivity index (χ0) is 16.9. The average molecular weight is 360 g/mol. The minimum Gasteiger partial charge on any atom is -0.325 e. The van der Waals surface area contributed by atoms with Gasteiger partial charge in [-0.15, -0.1) is 11.8 Å². The Labute approximate surface area is 147 Å². The maximum absolute atomic E-state index is 12.0. The molecule has 1 amide bonds. The van der Waals surface area contributed by atoms with E-state index >= 15 is 0 Å². The van der Waals surface area contributed by atoms with E-state index in [1.54, 1.807) is 42.6 Å². The summed E-state index contributed by atoms with van der Waals surface area (Å²) in [5, 5.41) is 3.41. The number of carbonyl (C=O) groups is 1. The summed E-state index contributed by atoms with van der Waals surface area (Å²) in [6.45, 7) is 0. The summed E-state index contributed by atoms with van der Waals surface area (Å²) in [7, 11) is 0. The van der Waals surface area contributed by atoms with Crippen LogP contribution in [0.4, 0.5) is 5.69 Å². The van der Waals surface area contributed by atoms with Crippen molar-refractivity contribution in [1.29, 1.82) is 0 Å². The number of halogens is 1. The molecule has 0 bridgehead atoms. The second-order valence-electron chi connectivity index (χ2n) is 5.06. The number of anilines is 1. The second-order valence-corrected chi connectivity index (χ2v) is 6.48. The summed E-state index contributed by atoms with van der Waals surface area (Å²) in [5.74, 6) is 0.660. The monoisotopic (exact) mass is 359 g/mol. The molecule has 2 aromatic heterocycles. The minimum absolute atomic E-state index is 0.111. The molecule has 0 aliphatic heterocycles. The molecule has 2 heterocycles. The summed E-state index contributed by atoms with van der Waals surface area (Å²) in [6, 6.07) is 13.8. The van der Waals surface area contributed by atoms with E-state index in [0.29, 0.717) is 27.8 Å². The molecule has 122 valence electrons. The molecule has 5 nitrogen and oxygen atoms in total. The van der Waals surface area contributed by atoms with Gasteiger partial charge < -0.3 is 5.32 Å². The molecule has 3 rings (SSSR count).